The molecule has 0 aliphatic carbocycles. The van der Waals surface area contributed by atoms with Gasteiger partial charge in [0.05, 0.1) is 18.8 Å². The largest absolute Gasteiger partial charge is 0.377 e. The molecule has 0 atom stereocenters. The molecule has 0 saturated carbocycles. The van der Waals surface area contributed by atoms with E-state index in [4.69, 9.17) is 10.5 Å². The number of benzene rings is 1. The van der Waals surface area contributed by atoms with Crippen molar-refractivity contribution in [2.45, 2.75) is 25.9 Å². The molecule has 0 spiro atoms. The Kier molecular flexibility index (Phi) is 3.36. The SMILES string of the molecule is CC1(C)COCCN1c1ncc(CN)c2ccccc12. The van der Waals surface area contributed by atoms with Gasteiger partial charge in [0.2, 0.25) is 0 Å². The van der Waals surface area contributed by atoms with Gasteiger partial charge in [-0.15, -0.1) is 0 Å². The Morgan fingerprint density at radius 1 is 1.30 bits per heavy atom. The average molecular weight is 271 g/mol. The zero-order chi connectivity index (χ0) is 14.2. The predicted molar refractivity (Wildman–Crippen MR) is 81.9 cm³/mol. The second-order valence-corrected chi connectivity index (χ2v) is 5.87. The molecule has 0 bridgehead atoms. The van der Waals surface area contributed by atoms with Gasteiger partial charge in [0.15, 0.2) is 0 Å². The molecular formula is C16H21N3O. The molecule has 1 aliphatic rings. The smallest absolute Gasteiger partial charge is 0.137 e. The van der Waals surface area contributed by atoms with Gasteiger partial charge in [-0.2, -0.15) is 0 Å². The van der Waals surface area contributed by atoms with E-state index in [0.717, 1.165) is 31.1 Å². The van der Waals surface area contributed by atoms with E-state index in [-0.39, 0.29) is 5.54 Å². The summed E-state index contributed by atoms with van der Waals surface area (Å²) in [6.45, 7) is 7.24. The van der Waals surface area contributed by atoms with Crippen molar-refractivity contribution in [3.05, 3.63) is 36.0 Å². The Balaban J connectivity index is 2.17. The minimum absolute atomic E-state index is 0.0434. The number of ether oxygens (including phenoxy) is 1. The number of anilines is 1. The molecule has 1 aromatic heterocycles. The molecule has 1 fully saturated rings. The first-order chi connectivity index (χ1) is 9.63. The third-order valence-corrected chi connectivity index (χ3v) is 3.98. The van der Waals surface area contributed by atoms with Crippen LogP contribution in [-0.4, -0.2) is 30.3 Å². The number of rotatable bonds is 2. The molecule has 20 heavy (non-hydrogen) atoms. The van der Waals surface area contributed by atoms with E-state index in [1.165, 1.54) is 10.8 Å². The van der Waals surface area contributed by atoms with Crippen LogP contribution in [0.3, 0.4) is 0 Å². The summed E-state index contributed by atoms with van der Waals surface area (Å²) in [5.41, 5.74) is 6.87. The maximum atomic E-state index is 5.82. The summed E-state index contributed by atoms with van der Waals surface area (Å²) in [6, 6.07) is 8.36. The molecule has 106 valence electrons. The Labute approximate surface area is 119 Å². The fourth-order valence-corrected chi connectivity index (χ4v) is 2.86. The number of hydrogen-bond acceptors (Lipinski definition) is 4. The van der Waals surface area contributed by atoms with Crippen LogP contribution in [0.15, 0.2) is 30.5 Å². The quantitative estimate of drug-likeness (QED) is 0.910. The zero-order valence-corrected chi connectivity index (χ0v) is 12.1. The van der Waals surface area contributed by atoms with E-state index in [1.54, 1.807) is 0 Å². The number of pyridine rings is 1. The van der Waals surface area contributed by atoms with Crippen LogP contribution in [0.2, 0.25) is 0 Å². The normalized spacial score (nSPS) is 18.4. The van der Waals surface area contributed by atoms with E-state index in [9.17, 15) is 0 Å². The summed E-state index contributed by atoms with van der Waals surface area (Å²) < 4.78 is 5.60. The summed E-state index contributed by atoms with van der Waals surface area (Å²) >= 11 is 0. The third-order valence-electron chi connectivity index (χ3n) is 3.98. The molecule has 3 rings (SSSR count). The number of hydrogen-bond donors (Lipinski definition) is 1. The number of nitrogens with zero attached hydrogens (tertiary/aromatic N) is 2. The summed E-state index contributed by atoms with van der Waals surface area (Å²) in [4.78, 5) is 7.03. The van der Waals surface area contributed by atoms with Crippen molar-refractivity contribution in [1.82, 2.24) is 4.98 Å². The first-order valence-electron chi connectivity index (χ1n) is 7.05. The van der Waals surface area contributed by atoms with Crippen molar-refractivity contribution in [1.29, 1.82) is 0 Å². The van der Waals surface area contributed by atoms with Gasteiger partial charge in [-0.1, -0.05) is 24.3 Å². The van der Waals surface area contributed by atoms with Crippen LogP contribution in [0.5, 0.6) is 0 Å². The van der Waals surface area contributed by atoms with Crippen molar-refractivity contribution in [3.8, 4) is 0 Å². The van der Waals surface area contributed by atoms with Gasteiger partial charge >= 0.3 is 0 Å². The van der Waals surface area contributed by atoms with E-state index in [2.05, 4.69) is 48.0 Å². The highest BCUT2D eigenvalue weighted by molar-refractivity contribution is 5.94. The summed E-state index contributed by atoms with van der Waals surface area (Å²) in [5, 5.41) is 2.37. The van der Waals surface area contributed by atoms with E-state index < -0.39 is 0 Å². The molecule has 0 amide bonds. The average Bonchev–Trinajstić information content (AvgIpc) is 2.46. The lowest BCUT2D eigenvalue weighted by Crippen LogP contribution is -2.53. The van der Waals surface area contributed by atoms with Crippen LogP contribution in [0.25, 0.3) is 10.8 Å². The van der Waals surface area contributed by atoms with Crippen LogP contribution in [0.1, 0.15) is 19.4 Å². The minimum Gasteiger partial charge on any atom is -0.377 e. The van der Waals surface area contributed by atoms with Crippen molar-refractivity contribution >= 4 is 16.6 Å². The molecule has 2 heterocycles. The molecule has 4 nitrogen and oxygen atoms in total. The lowest BCUT2D eigenvalue weighted by Gasteiger charge is -2.43. The Bertz CT molecular complexity index is 624. The Morgan fingerprint density at radius 2 is 2.05 bits per heavy atom. The molecule has 0 radical (unpaired) electrons. The van der Waals surface area contributed by atoms with E-state index in [1.807, 2.05) is 6.20 Å². The Morgan fingerprint density at radius 3 is 2.75 bits per heavy atom. The molecule has 1 saturated heterocycles. The number of morpholine rings is 1. The maximum absolute atomic E-state index is 5.82. The lowest BCUT2D eigenvalue weighted by molar-refractivity contribution is 0.0641. The van der Waals surface area contributed by atoms with Crippen molar-refractivity contribution in [3.63, 3.8) is 0 Å². The number of aromatic nitrogens is 1. The lowest BCUT2D eigenvalue weighted by atomic mass is 10.00. The van der Waals surface area contributed by atoms with Crippen LogP contribution < -0.4 is 10.6 Å². The van der Waals surface area contributed by atoms with Crippen LogP contribution in [-0.2, 0) is 11.3 Å². The number of fused-ring (bicyclic) bond motifs is 1. The minimum atomic E-state index is -0.0434. The second kappa shape index (κ2) is 5.04. The van der Waals surface area contributed by atoms with E-state index in [0.29, 0.717) is 6.54 Å². The van der Waals surface area contributed by atoms with Gasteiger partial charge in [0, 0.05) is 24.7 Å². The topological polar surface area (TPSA) is 51.4 Å². The number of nitrogens with two attached hydrogens (primary N) is 1. The molecule has 0 unspecified atom stereocenters. The van der Waals surface area contributed by atoms with Crippen LogP contribution >= 0.6 is 0 Å². The highest BCUT2D eigenvalue weighted by Crippen LogP contribution is 2.32. The highest BCUT2D eigenvalue weighted by atomic mass is 16.5. The highest BCUT2D eigenvalue weighted by Gasteiger charge is 2.32. The Hall–Kier alpha value is -1.65. The molecule has 2 N–H and O–H groups in total. The molecule has 1 aliphatic heterocycles. The van der Waals surface area contributed by atoms with Crippen molar-refractivity contribution in [2.24, 2.45) is 5.73 Å². The van der Waals surface area contributed by atoms with Gasteiger partial charge in [-0.3, -0.25) is 0 Å². The molecular weight excluding hydrogens is 250 g/mol. The zero-order valence-electron chi connectivity index (χ0n) is 12.1. The van der Waals surface area contributed by atoms with Gasteiger partial charge in [-0.05, 0) is 24.8 Å². The monoisotopic (exact) mass is 271 g/mol. The van der Waals surface area contributed by atoms with Gasteiger partial charge in [-0.25, -0.2) is 4.98 Å². The first-order valence-corrected chi connectivity index (χ1v) is 7.05. The summed E-state index contributed by atoms with van der Waals surface area (Å²) in [7, 11) is 0. The molecule has 4 heteroatoms. The van der Waals surface area contributed by atoms with Crippen LogP contribution in [0, 0.1) is 0 Å². The van der Waals surface area contributed by atoms with Gasteiger partial charge in [0.25, 0.3) is 0 Å². The van der Waals surface area contributed by atoms with E-state index >= 15 is 0 Å². The fourth-order valence-electron chi connectivity index (χ4n) is 2.86. The van der Waals surface area contributed by atoms with Gasteiger partial charge in [0.1, 0.15) is 5.82 Å². The predicted octanol–water partition coefficient (Wildman–Crippen LogP) is 2.31. The first kappa shape index (κ1) is 13.3. The second-order valence-electron chi connectivity index (χ2n) is 5.87. The summed E-state index contributed by atoms with van der Waals surface area (Å²) in [5.74, 6) is 1.03. The van der Waals surface area contributed by atoms with Crippen molar-refractivity contribution < 1.29 is 4.74 Å². The molecule has 1 aromatic carbocycles. The standard InChI is InChI=1S/C16H21N3O/c1-16(2)11-20-8-7-19(16)15-14-6-4-3-5-13(14)12(9-17)10-18-15/h3-6,10H,7-9,11,17H2,1-2H3. The third kappa shape index (κ3) is 2.15. The summed E-state index contributed by atoms with van der Waals surface area (Å²) in [6.07, 6.45) is 1.91. The van der Waals surface area contributed by atoms with Crippen molar-refractivity contribution in [2.75, 3.05) is 24.7 Å². The maximum Gasteiger partial charge on any atom is 0.137 e. The van der Waals surface area contributed by atoms with Gasteiger partial charge < -0.3 is 15.4 Å². The van der Waals surface area contributed by atoms with Crippen LogP contribution in [0.4, 0.5) is 5.82 Å². The molecule has 2 aromatic rings. The fraction of sp³-hybridized carbons (Fsp3) is 0.438.